The number of rotatable bonds is 9. The molecule has 8 heteroatoms. The van der Waals surface area contributed by atoms with E-state index in [4.69, 9.17) is 4.74 Å². The minimum atomic E-state index is -0.250. The van der Waals surface area contributed by atoms with Gasteiger partial charge in [-0.25, -0.2) is 0 Å². The molecule has 5 rings (SSSR count). The number of amides is 1. The Hall–Kier alpha value is -3.59. The van der Waals surface area contributed by atoms with Crippen molar-refractivity contribution in [3.63, 3.8) is 0 Å². The zero-order valence-electron chi connectivity index (χ0n) is 22.8. The molecule has 0 aliphatic carbocycles. The fourth-order valence-corrected chi connectivity index (χ4v) is 5.29. The summed E-state index contributed by atoms with van der Waals surface area (Å²) in [6, 6.07) is 10.2. The van der Waals surface area contributed by atoms with Gasteiger partial charge in [-0.3, -0.25) is 24.6 Å². The van der Waals surface area contributed by atoms with E-state index in [1.165, 1.54) is 19.3 Å². The molecular weight excluding hydrogens is 488 g/mol. The maximum Gasteiger partial charge on any atom is 0.255 e. The first kappa shape index (κ1) is 27.0. The van der Waals surface area contributed by atoms with Crippen LogP contribution in [0.1, 0.15) is 36.0 Å². The average molecular weight is 527 g/mol. The minimum absolute atomic E-state index is 0.250. The third-order valence-corrected chi connectivity index (χ3v) is 7.43. The van der Waals surface area contributed by atoms with Gasteiger partial charge in [0.2, 0.25) is 0 Å². The number of carbonyl (C=O) groups is 1. The van der Waals surface area contributed by atoms with Crippen LogP contribution in [-0.2, 0) is 22.6 Å². The second-order valence-electron chi connectivity index (χ2n) is 10.3. The molecule has 2 aromatic heterocycles. The number of ether oxygens (including phenoxy) is 1. The van der Waals surface area contributed by atoms with E-state index in [2.05, 4.69) is 43.0 Å². The predicted octanol–water partition coefficient (Wildman–Crippen LogP) is 4.66. The monoisotopic (exact) mass is 526 g/mol. The average Bonchev–Trinajstić information content (AvgIpc) is 2.98. The van der Waals surface area contributed by atoms with Crippen LogP contribution < -0.4 is 10.6 Å². The summed E-state index contributed by atoms with van der Waals surface area (Å²) in [5.74, 6) is -0.250. The molecular formula is C31H38N6O2. The minimum Gasteiger partial charge on any atom is -0.388 e. The van der Waals surface area contributed by atoms with Crippen molar-refractivity contribution in [2.75, 3.05) is 57.1 Å². The highest BCUT2D eigenvalue weighted by atomic mass is 16.5. The predicted molar refractivity (Wildman–Crippen MR) is 156 cm³/mol. The first-order chi connectivity index (χ1) is 19.1. The van der Waals surface area contributed by atoms with E-state index < -0.39 is 0 Å². The number of carbonyl (C=O) groups excluding carboxylic acids is 1. The molecule has 2 fully saturated rings. The van der Waals surface area contributed by atoms with Crippen LogP contribution in [0.5, 0.6) is 0 Å². The van der Waals surface area contributed by atoms with Crippen LogP contribution in [0.3, 0.4) is 0 Å². The van der Waals surface area contributed by atoms with Gasteiger partial charge in [-0.2, -0.15) is 0 Å². The van der Waals surface area contributed by atoms with E-state index in [0.717, 1.165) is 86.0 Å². The Morgan fingerprint density at radius 2 is 1.56 bits per heavy atom. The number of anilines is 2. The van der Waals surface area contributed by atoms with Gasteiger partial charge in [0.05, 0.1) is 25.1 Å². The van der Waals surface area contributed by atoms with Gasteiger partial charge in [-0.05, 0) is 66.9 Å². The van der Waals surface area contributed by atoms with E-state index in [9.17, 15) is 4.79 Å². The van der Waals surface area contributed by atoms with Crippen LogP contribution in [0.25, 0.3) is 16.7 Å². The molecule has 2 N–H and O–H groups in total. The van der Waals surface area contributed by atoms with Gasteiger partial charge >= 0.3 is 0 Å². The summed E-state index contributed by atoms with van der Waals surface area (Å²) in [6.07, 6.45) is 11.1. The highest BCUT2D eigenvalue weighted by Crippen LogP contribution is 2.30. The topological polar surface area (TPSA) is 82.6 Å². The molecule has 3 aromatic rings. The number of nitrogens with zero attached hydrogens (tertiary/aromatic N) is 4. The van der Waals surface area contributed by atoms with Crippen molar-refractivity contribution in [3.05, 3.63) is 78.4 Å². The molecule has 4 heterocycles. The van der Waals surface area contributed by atoms with E-state index in [1.807, 2.05) is 49.9 Å². The lowest BCUT2D eigenvalue weighted by Crippen LogP contribution is -2.35. The van der Waals surface area contributed by atoms with Crippen LogP contribution in [0.15, 0.2) is 61.7 Å². The highest BCUT2D eigenvalue weighted by Gasteiger charge is 2.17. The summed E-state index contributed by atoms with van der Waals surface area (Å²) in [5.41, 5.74) is 6.91. The summed E-state index contributed by atoms with van der Waals surface area (Å²) in [7, 11) is 1.85. The first-order valence-corrected chi connectivity index (χ1v) is 13.8. The number of pyridine rings is 2. The molecule has 39 heavy (non-hydrogen) atoms. The van der Waals surface area contributed by atoms with Crippen LogP contribution >= 0.6 is 0 Å². The smallest absolute Gasteiger partial charge is 0.255 e. The Bertz CT molecular complexity index is 1300. The van der Waals surface area contributed by atoms with E-state index in [-0.39, 0.29) is 5.91 Å². The summed E-state index contributed by atoms with van der Waals surface area (Å²) in [4.78, 5) is 27.0. The number of hydrogen-bond acceptors (Lipinski definition) is 7. The molecule has 0 unspecified atom stereocenters. The second-order valence-corrected chi connectivity index (χ2v) is 10.3. The third kappa shape index (κ3) is 7.09. The second kappa shape index (κ2) is 13.0. The Balaban J connectivity index is 1.30. The summed E-state index contributed by atoms with van der Waals surface area (Å²) in [6.45, 7) is 11.5. The number of morpholine rings is 1. The number of benzene rings is 1. The van der Waals surface area contributed by atoms with Crippen molar-refractivity contribution in [2.24, 2.45) is 0 Å². The summed E-state index contributed by atoms with van der Waals surface area (Å²) < 4.78 is 5.47. The first-order valence-electron chi connectivity index (χ1n) is 13.8. The van der Waals surface area contributed by atoms with Gasteiger partial charge in [0.1, 0.15) is 0 Å². The lowest BCUT2D eigenvalue weighted by atomic mass is 9.97. The molecule has 2 aliphatic rings. The Morgan fingerprint density at radius 3 is 2.31 bits per heavy atom. The number of hydrogen-bond donors (Lipinski definition) is 2. The maximum atomic E-state index is 13.3. The summed E-state index contributed by atoms with van der Waals surface area (Å²) in [5, 5.41) is 6.21. The third-order valence-electron chi connectivity index (χ3n) is 7.43. The quantitative estimate of drug-likeness (QED) is 0.393. The zero-order valence-corrected chi connectivity index (χ0v) is 22.8. The highest BCUT2D eigenvalue weighted by molar-refractivity contribution is 6.25. The van der Waals surface area contributed by atoms with E-state index >= 15 is 0 Å². The SMILES string of the molecule is C=C(C(=O)Nc1cncc(CN2CCCCC2)c1)c1cc(-c2cncc(CN3CCOCC3)c2)ccc1NC. The number of nitrogens with one attached hydrogen (secondary N) is 2. The molecule has 0 spiro atoms. The van der Waals surface area contributed by atoms with E-state index in [0.29, 0.717) is 11.3 Å². The van der Waals surface area contributed by atoms with Crippen molar-refractivity contribution in [1.82, 2.24) is 19.8 Å². The lowest BCUT2D eigenvalue weighted by molar-refractivity contribution is -0.111. The molecule has 2 saturated heterocycles. The normalized spacial score (nSPS) is 16.5. The maximum absolute atomic E-state index is 13.3. The van der Waals surface area contributed by atoms with Crippen molar-refractivity contribution < 1.29 is 9.53 Å². The molecule has 0 bridgehead atoms. The van der Waals surface area contributed by atoms with Gasteiger partial charge < -0.3 is 15.4 Å². The summed E-state index contributed by atoms with van der Waals surface area (Å²) >= 11 is 0. The van der Waals surface area contributed by atoms with Crippen LogP contribution in [0.2, 0.25) is 0 Å². The van der Waals surface area contributed by atoms with Gasteiger partial charge in [-0.15, -0.1) is 0 Å². The molecule has 2 aliphatic heterocycles. The molecule has 0 radical (unpaired) electrons. The van der Waals surface area contributed by atoms with Crippen LogP contribution in [0, 0.1) is 0 Å². The molecule has 0 saturated carbocycles. The fourth-order valence-electron chi connectivity index (χ4n) is 5.29. The number of likely N-dealkylation sites (tertiary alicyclic amines) is 1. The van der Waals surface area contributed by atoms with Crippen molar-refractivity contribution in [2.45, 2.75) is 32.4 Å². The molecule has 204 valence electrons. The zero-order chi connectivity index (χ0) is 27.0. The molecule has 8 nitrogen and oxygen atoms in total. The standard InChI is InChI=1S/C31H38N6O2/c1-23(31(38)35-28-15-25(18-34-20-28)22-36-8-4-3-5-9-36)29-16-26(6-7-30(29)32-2)27-14-24(17-33-19-27)21-37-10-12-39-13-11-37/h6-7,14-20,32H,1,3-5,8-13,21-22H2,2H3,(H,35,38). The van der Waals surface area contributed by atoms with Crippen LogP contribution in [0.4, 0.5) is 11.4 Å². The number of piperidine rings is 1. The van der Waals surface area contributed by atoms with Crippen molar-refractivity contribution in [3.8, 4) is 11.1 Å². The Morgan fingerprint density at radius 1 is 0.872 bits per heavy atom. The van der Waals surface area contributed by atoms with E-state index in [1.54, 1.807) is 6.20 Å². The van der Waals surface area contributed by atoms with Gasteiger partial charge in [0.25, 0.3) is 5.91 Å². The molecule has 1 aromatic carbocycles. The fraction of sp³-hybridized carbons (Fsp3) is 0.387. The Kier molecular flexibility index (Phi) is 8.98. The molecule has 0 atom stereocenters. The van der Waals surface area contributed by atoms with Crippen molar-refractivity contribution in [1.29, 1.82) is 0 Å². The van der Waals surface area contributed by atoms with Gasteiger partial charge in [-0.1, -0.05) is 19.1 Å². The van der Waals surface area contributed by atoms with Crippen molar-refractivity contribution >= 4 is 22.9 Å². The largest absolute Gasteiger partial charge is 0.388 e. The number of aromatic nitrogens is 2. The van der Waals surface area contributed by atoms with Gasteiger partial charge in [0.15, 0.2) is 0 Å². The van der Waals surface area contributed by atoms with Gasteiger partial charge in [0, 0.05) is 74.2 Å². The molecule has 1 amide bonds. The lowest BCUT2D eigenvalue weighted by Gasteiger charge is -2.26. The Labute approximate surface area is 231 Å². The van der Waals surface area contributed by atoms with Crippen LogP contribution in [-0.4, -0.2) is 72.1 Å².